The summed E-state index contributed by atoms with van der Waals surface area (Å²) in [7, 11) is 0. The molecule has 2 aliphatic rings. The smallest absolute Gasteiger partial charge is 0.163 e. The zero-order valence-electron chi connectivity index (χ0n) is 25.2. The molecule has 3 nitrogen and oxygen atoms in total. The van der Waals surface area contributed by atoms with Crippen LogP contribution < -0.4 is 0 Å². The van der Waals surface area contributed by atoms with Gasteiger partial charge in [-0.2, -0.15) is 0 Å². The van der Waals surface area contributed by atoms with Gasteiger partial charge in [-0.15, -0.1) is 0 Å². The van der Waals surface area contributed by atoms with Crippen LogP contribution in [0.2, 0.25) is 0 Å². The van der Waals surface area contributed by atoms with Crippen LogP contribution in [0.4, 0.5) is 0 Å². The summed E-state index contributed by atoms with van der Waals surface area (Å²) in [5, 5.41) is 0. The molecular formula is C35H50O3. The van der Waals surface area contributed by atoms with Crippen LogP contribution >= 0.6 is 0 Å². The monoisotopic (exact) mass is 518 g/mol. The van der Waals surface area contributed by atoms with E-state index in [1.165, 1.54) is 34.8 Å². The second kappa shape index (κ2) is 13.2. The van der Waals surface area contributed by atoms with Gasteiger partial charge in [0.15, 0.2) is 5.78 Å². The Kier molecular flexibility index (Phi) is 10.5. The fraction of sp³-hybridized carbons (Fsp3) is 0.629. The van der Waals surface area contributed by atoms with Crippen molar-refractivity contribution in [3.05, 3.63) is 51.6 Å². The Balaban J connectivity index is 1.91. The first kappa shape index (κ1) is 30.3. The standard InChI is InChI=1S/C35H50O3/c1-9-11-27(29(10-2)33(37)15-23(7)36)17-26-18-32-30(22(5)6)20-31(24(8)35(32)34(38)19-26)28-13-12-25(16-28)14-21(3)4/h12-13,20-22,26-27,29H,9-11,14-19H2,1-8H3. The Hall–Kier alpha value is -2.29. The van der Waals surface area contributed by atoms with E-state index in [0.717, 1.165) is 56.1 Å². The predicted molar refractivity (Wildman–Crippen MR) is 159 cm³/mol. The molecule has 0 radical (unpaired) electrons. The fourth-order valence-corrected chi connectivity index (χ4v) is 7.11. The van der Waals surface area contributed by atoms with Crippen LogP contribution in [0.3, 0.4) is 0 Å². The fourth-order valence-electron chi connectivity index (χ4n) is 7.11. The highest BCUT2D eigenvalue weighted by atomic mass is 16.1. The number of benzene rings is 1. The minimum atomic E-state index is -0.0918. The molecule has 0 aliphatic heterocycles. The van der Waals surface area contributed by atoms with Crippen LogP contribution in [0.5, 0.6) is 0 Å². The number of allylic oxidation sites excluding steroid dienone is 4. The quantitative estimate of drug-likeness (QED) is 0.245. The summed E-state index contributed by atoms with van der Waals surface area (Å²) in [6, 6.07) is 2.38. The van der Waals surface area contributed by atoms with Crippen molar-refractivity contribution in [1.29, 1.82) is 0 Å². The molecule has 0 saturated heterocycles. The zero-order valence-corrected chi connectivity index (χ0v) is 25.2. The van der Waals surface area contributed by atoms with Crippen LogP contribution in [-0.4, -0.2) is 17.3 Å². The van der Waals surface area contributed by atoms with Crippen LogP contribution in [0, 0.1) is 30.6 Å². The third-order valence-electron chi connectivity index (χ3n) is 8.69. The second-order valence-electron chi connectivity index (χ2n) is 12.8. The number of hydrogen-bond acceptors (Lipinski definition) is 3. The van der Waals surface area contributed by atoms with Crippen LogP contribution in [0.1, 0.15) is 138 Å². The highest BCUT2D eigenvalue weighted by Gasteiger charge is 2.35. The van der Waals surface area contributed by atoms with Crippen molar-refractivity contribution < 1.29 is 14.4 Å². The summed E-state index contributed by atoms with van der Waals surface area (Å²) in [5.74, 6) is 1.67. The first-order valence-electron chi connectivity index (χ1n) is 15.1. The number of Topliss-reactive ketones (excluding diaryl/α,β-unsaturated/α-hetero) is 3. The van der Waals surface area contributed by atoms with Gasteiger partial charge in [-0.25, -0.2) is 0 Å². The van der Waals surface area contributed by atoms with Crippen molar-refractivity contribution in [3.63, 3.8) is 0 Å². The van der Waals surface area contributed by atoms with E-state index in [0.29, 0.717) is 18.3 Å². The van der Waals surface area contributed by atoms with Gasteiger partial charge < -0.3 is 0 Å². The lowest BCUT2D eigenvalue weighted by atomic mass is 9.70. The number of rotatable bonds is 13. The summed E-state index contributed by atoms with van der Waals surface area (Å²) < 4.78 is 0. The number of ketones is 3. The van der Waals surface area contributed by atoms with Crippen LogP contribution in [0.15, 0.2) is 23.8 Å². The van der Waals surface area contributed by atoms with E-state index >= 15 is 0 Å². The molecule has 0 heterocycles. The van der Waals surface area contributed by atoms with Crippen LogP contribution in [0.25, 0.3) is 5.57 Å². The summed E-state index contributed by atoms with van der Waals surface area (Å²) in [5.41, 5.74) is 8.74. The van der Waals surface area contributed by atoms with E-state index in [9.17, 15) is 14.4 Å². The summed E-state index contributed by atoms with van der Waals surface area (Å²) in [6.45, 7) is 16.9. The van der Waals surface area contributed by atoms with E-state index in [-0.39, 0.29) is 41.5 Å². The summed E-state index contributed by atoms with van der Waals surface area (Å²) in [6.07, 6.45) is 11.8. The summed E-state index contributed by atoms with van der Waals surface area (Å²) >= 11 is 0. The molecule has 3 rings (SSSR count). The van der Waals surface area contributed by atoms with Gasteiger partial charge in [0.05, 0.1) is 6.42 Å². The topological polar surface area (TPSA) is 51.2 Å². The zero-order chi connectivity index (χ0) is 28.1. The third-order valence-corrected chi connectivity index (χ3v) is 8.69. The average molecular weight is 519 g/mol. The normalized spacial score (nSPS) is 18.9. The third kappa shape index (κ3) is 7.01. The molecule has 0 spiro atoms. The maximum atomic E-state index is 13.8. The lowest BCUT2D eigenvalue weighted by Crippen LogP contribution is -2.30. The molecule has 3 unspecified atom stereocenters. The highest BCUT2D eigenvalue weighted by molar-refractivity contribution is 6.02. The Morgan fingerprint density at radius 1 is 1.05 bits per heavy atom. The molecule has 1 aromatic rings. The highest BCUT2D eigenvalue weighted by Crippen LogP contribution is 2.42. The number of carbonyl (C=O) groups is 3. The minimum absolute atomic E-state index is 0.0359. The van der Waals surface area contributed by atoms with Crippen molar-refractivity contribution >= 4 is 22.9 Å². The Morgan fingerprint density at radius 3 is 2.34 bits per heavy atom. The minimum Gasteiger partial charge on any atom is -0.300 e. The van der Waals surface area contributed by atoms with Gasteiger partial charge in [-0.05, 0) is 97.5 Å². The van der Waals surface area contributed by atoms with Crippen molar-refractivity contribution in [2.75, 3.05) is 0 Å². The van der Waals surface area contributed by atoms with Gasteiger partial charge >= 0.3 is 0 Å². The molecule has 0 aromatic heterocycles. The molecule has 38 heavy (non-hydrogen) atoms. The number of fused-ring (bicyclic) bond motifs is 1. The lowest BCUT2D eigenvalue weighted by molar-refractivity contribution is -0.129. The van der Waals surface area contributed by atoms with Crippen molar-refractivity contribution in [2.24, 2.45) is 23.7 Å². The molecule has 3 atom stereocenters. The molecule has 0 amide bonds. The molecule has 208 valence electrons. The SMILES string of the molecule is CCCC(CC1CC(=O)c2c(C)c(C3=CC=C(CC(C)C)C3)cc(C(C)C)c2C1)C(CC)C(=O)CC(C)=O. The first-order chi connectivity index (χ1) is 18.0. The van der Waals surface area contributed by atoms with E-state index in [2.05, 4.69) is 66.7 Å². The molecule has 0 N–H and O–H groups in total. The van der Waals surface area contributed by atoms with Gasteiger partial charge in [0.2, 0.25) is 0 Å². The number of hydrogen-bond donors (Lipinski definition) is 0. The van der Waals surface area contributed by atoms with E-state index in [1.807, 2.05) is 0 Å². The molecule has 0 bridgehead atoms. The van der Waals surface area contributed by atoms with Crippen molar-refractivity contribution in [1.82, 2.24) is 0 Å². The van der Waals surface area contributed by atoms with E-state index in [1.54, 1.807) is 0 Å². The van der Waals surface area contributed by atoms with E-state index < -0.39 is 0 Å². The number of carbonyl (C=O) groups excluding carboxylic acids is 3. The average Bonchev–Trinajstić information content (AvgIpc) is 3.26. The van der Waals surface area contributed by atoms with Gasteiger partial charge in [0.1, 0.15) is 11.6 Å². The first-order valence-corrected chi connectivity index (χ1v) is 15.1. The molecule has 3 heteroatoms. The van der Waals surface area contributed by atoms with Gasteiger partial charge in [0.25, 0.3) is 0 Å². The molecule has 1 aromatic carbocycles. The Labute approximate surface area is 231 Å². The maximum Gasteiger partial charge on any atom is 0.163 e. The van der Waals surface area contributed by atoms with Crippen molar-refractivity contribution in [3.8, 4) is 0 Å². The Morgan fingerprint density at radius 2 is 1.76 bits per heavy atom. The van der Waals surface area contributed by atoms with E-state index in [4.69, 9.17) is 0 Å². The maximum absolute atomic E-state index is 13.8. The predicted octanol–water partition coefficient (Wildman–Crippen LogP) is 9.00. The molecular weight excluding hydrogens is 468 g/mol. The molecule has 0 saturated carbocycles. The lowest BCUT2D eigenvalue weighted by Gasteiger charge is -2.33. The second-order valence-corrected chi connectivity index (χ2v) is 12.8. The van der Waals surface area contributed by atoms with Gasteiger partial charge in [0, 0.05) is 17.9 Å². The Bertz CT molecular complexity index is 1110. The largest absolute Gasteiger partial charge is 0.300 e. The molecule has 2 aliphatic carbocycles. The summed E-state index contributed by atoms with van der Waals surface area (Å²) in [4.78, 5) is 38.4. The van der Waals surface area contributed by atoms with Gasteiger partial charge in [-0.3, -0.25) is 14.4 Å². The van der Waals surface area contributed by atoms with Crippen molar-refractivity contribution in [2.45, 2.75) is 119 Å². The van der Waals surface area contributed by atoms with Gasteiger partial charge in [-0.1, -0.05) is 78.2 Å². The van der Waals surface area contributed by atoms with Crippen LogP contribution in [-0.2, 0) is 16.0 Å². The molecule has 0 fully saturated rings.